The van der Waals surface area contributed by atoms with E-state index in [1.807, 2.05) is 14.1 Å². The number of anilines is 2. The number of aromatic nitrogens is 2. The summed E-state index contributed by atoms with van der Waals surface area (Å²) in [5, 5.41) is 18.5. The second-order valence-corrected chi connectivity index (χ2v) is 7.32. The van der Waals surface area contributed by atoms with Gasteiger partial charge in [-0.3, -0.25) is 0 Å². The molecule has 138 valence electrons. The fourth-order valence-electron chi connectivity index (χ4n) is 4.15. The van der Waals surface area contributed by atoms with Gasteiger partial charge in [0, 0.05) is 51.2 Å². The first-order chi connectivity index (χ1) is 12.6. The topological polar surface area (TPSA) is 54.7 Å². The van der Waals surface area contributed by atoms with Crippen LogP contribution in [0.5, 0.6) is 0 Å². The van der Waals surface area contributed by atoms with Gasteiger partial charge in [0.2, 0.25) is 0 Å². The van der Waals surface area contributed by atoms with Crippen molar-refractivity contribution in [3.8, 4) is 11.4 Å². The van der Waals surface area contributed by atoms with E-state index in [1.54, 1.807) is 0 Å². The van der Waals surface area contributed by atoms with E-state index in [1.165, 1.54) is 33.9 Å². The van der Waals surface area contributed by atoms with Crippen molar-refractivity contribution in [2.24, 2.45) is 0 Å². The lowest BCUT2D eigenvalue weighted by Crippen LogP contribution is -2.51. The van der Waals surface area contributed by atoms with E-state index in [-0.39, 0.29) is 13.2 Å². The van der Waals surface area contributed by atoms with Gasteiger partial charge in [-0.05, 0) is 12.1 Å². The molecule has 0 amide bonds. The molecular weight excluding hydrogens is 328 g/mol. The van der Waals surface area contributed by atoms with Gasteiger partial charge in [0.1, 0.15) is 11.4 Å². The highest BCUT2D eigenvalue weighted by atomic mass is 16.3. The Bertz CT molecular complexity index is 717. The summed E-state index contributed by atoms with van der Waals surface area (Å²) in [5.74, 6) is 0. The zero-order chi connectivity index (χ0) is 18.3. The summed E-state index contributed by atoms with van der Waals surface area (Å²) in [6.07, 6.45) is 6.47. The minimum Gasteiger partial charge on any atom is -0.395 e. The fourth-order valence-corrected chi connectivity index (χ4v) is 4.15. The first-order valence-corrected chi connectivity index (χ1v) is 9.39. The Labute approximate surface area is 154 Å². The number of aryl methyl sites for hydroxylation is 4. The molecule has 0 bridgehead atoms. The van der Waals surface area contributed by atoms with E-state index in [0.29, 0.717) is 13.1 Å². The second kappa shape index (κ2) is 6.85. The van der Waals surface area contributed by atoms with E-state index in [9.17, 15) is 10.2 Å². The first-order valence-electron chi connectivity index (χ1n) is 9.39. The quantitative estimate of drug-likeness (QED) is 0.710. The number of hydrogen-bond acceptors (Lipinski definition) is 4. The first kappa shape index (κ1) is 17.2. The van der Waals surface area contributed by atoms with Gasteiger partial charge < -0.3 is 20.0 Å². The molecule has 0 aromatic carbocycles. The lowest BCUT2D eigenvalue weighted by atomic mass is 9.93. The van der Waals surface area contributed by atoms with Crippen LogP contribution in [0.1, 0.15) is 11.1 Å². The fraction of sp³-hybridized carbons (Fsp3) is 0.500. The summed E-state index contributed by atoms with van der Waals surface area (Å²) < 4.78 is 4.77. The predicted molar refractivity (Wildman–Crippen MR) is 100 cm³/mol. The van der Waals surface area contributed by atoms with Crippen LogP contribution in [0.4, 0.5) is 11.4 Å². The minimum absolute atomic E-state index is 0.167. The number of pyridine rings is 2. The molecule has 0 atom stereocenters. The van der Waals surface area contributed by atoms with Gasteiger partial charge >= 0.3 is 0 Å². The van der Waals surface area contributed by atoms with Crippen molar-refractivity contribution in [3.05, 3.63) is 35.7 Å². The average molecular weight is 356 g/mol. The summed E-state index contributed by atoms with van der Waals surface area (Å²) in [6, 6.07) is 4.57. The molecule has 0 saturated heterocycles. The zero-order valence-electron chi connectivity index (χ0n) is 15.6. The third kappa shape index (κ3) is 2.83. The van der Waals surface area contributed by atoms with Crippen LogP contribution in [0.3, 0.4) is 0 Å². The molecule has 26 heavy (non-hydrogen) atoms. The minimum atomic E-state index is 0.167. The van der Waals surface area contributed by atoms with Crippen LogP contribution in [-0.4, -0.2) is 50.6 Å². The molecule has 6 heteroatoms. The molecule has 0 spiro atoms. The average Bonchev–Trinajstić information content (AvgIpc) is 2.65. The van der Waals surface area contributed by atoms with Crippen LogP contribution in [0.2, 0.25) is 0 Å². The molecule has 4 rings (SSSR count). The SMILES string of the molecule is CN(CCO)c1cc2c3[n+](c1)CCc1cc(N(C)CCO)c[n+](c1-3)CC2. The molecule has 0 unspecified atom stereocenters. The zero-order valence-corrected chi connectivity index (χ0v) is 15.6. The van der Waals surface area contributed by atoms with E-state index in [4.69, 9.17) is 0 Å². The van der Waals surface area contributed by atoms with Crippen molar-refractivity contribution >= 4 is 11.4 Å². The van der Waals surface area contributed by atoms with Crippen LogP contribution in [0.15, 0.2) is 24.5 Å². The number of rotatable bonds is 6. The summed E-state index contributed by atoms with van der Waals surface area (Å²) in [6.45, 7) is 3.58. The molecule has 2 N–H and O–H groups in total. The number of nitrogens with zero attached hydrogens (tertiary/aromatic N) is 4. The maximum Gasteiger partial charge on any atom is 0.281 e. The van der Waals surface area contributed by atoms with Crippen LogP contribution < -0.4 is 18.9 Å². The standard InChI is InChI=1S/C20H28N4O2/c1-21(7-9-25)17-11-15-3-6-24-14-18(22(2)8-10-26)12-16-4-5-23(13-17)19(15)20(16)24/h11-14,25-26H,3-10H2,1-2H3/q+2. The Morgan fingerprint density at radius 2 is 1.23 bits per heavy atom. The third-order valence-electron chi connectivity index (χ3n) is 5.62. The molecule has 2 aliphatic heterocycles. The Balaban J connectivity index is 1.79. The van der Waals surface area contributed by atoms with Crippen molar-refractivity contribution in [1.29, 1.82) is 0 Å². The molecule has 0 saturated carbocycles. The van der Waals surface area contributed by atoms with Gasteiger partial charge in [0.05, 0.1) is 13.2 Å². The van der Waals surface area contributed by atoms with Crippen molar-refractivity contribution in [2.75, 3.05) is 50.2 Å². The molecule has 2 aromatic heterocycles. The third-order valence-corrected chi connectivity index (χ3v) is 5.62. The van der Waals surface area contributed by atoms with E-state index in [0.717, 1.165) is 25.9 Å². The van der Waals surface area contributed by atoms with Gasteiger partial charge in [0.25, 0.3) is 11.4 Å². The molecule has 0 fully saturated rings. The smallest absolute Gasteiger partial charge is 0.281 e. The summed E-state index contributed by atoms with van der Waals surface area (Å²) in [5.41, 5.74) is 7.82. The molecule has 2 aliphatic rings. The predicted octanol–water partition coefficient (Wildman–Crippen LogP) is -0.102. The van der Waals surface area contributed by atoms with Gasteiger partial charge in [-0.2, -0.15) is 9.13 Å². The van der Waals surface area contributed by atoms with Crippen LogP contribution in [-0.2, 0) is 25.9 Å². The maximum absolute atomic E-state index is 9.24. The monoisotopic (exact) mass is 356 g/mol. The number of aliphatic hydroxyl groups is 2. The van der Waals surface area contributed by atoms with E-state index in [2.05, 4.69) is 43.5 Å². The van der Waals surface area contributed by atoms with Gasteiger partial charge in [0.15, 0.2) is 25.5 Å². The van der Waals surface area contributed by atoms with Crippen LogP contribution in [0.25, 0.3) is 11.4 Å². The highest BCUT2D eigenvalue weighted by Gasteiger charge is 2.39. The van der Waals surface area contributed by atoms with Crippen LogP contribution in [0, 0.1) is 0 Å². The van der Waals surface area contributed by atoms with Crippen molar-refractivity contribution in [3.63, 3.8) is 0 Å². The normalized spacial score (nSPS) is 14.2. The molecular formula is C20H28N4O2+2. The number of likely N-dealkylation sites (N-methyl/N-ethyl adjacent to an activating group) is 2. The molecule has 0 aliphatic carbocycles. The largest absolute Gasteiger partial charge is 0.395 e. The van der Waals surface area contributed by atoms with Gasteiger partial charge in [-0.15, -0.1) is 0 Å². The van der Waals surface area contributed by atoms with Crippen molar-refractivity contribution in [2.45, 2.75) is 25.9 Å². The number of hydrogen-bond donors (Lipinski definition) is 2. The molecule has 0 radical (unpaired) electrons. The Kier molecular flexibility index (Phi) is 4.54. The van der Waals surface area contributed by atoms with Gasteiger partial charge in [-0.1, -0.05) is 0 Å². The lowest BCUT2D eigenvalue weighted by molar-refractivity contribution is -0.723. The van der Waals surface area contributed by atoms with Gasteiger partial charge in [-0.25, -0.2) is 0 Å². The Morgan fingerprint density at radius 1 is 0.808 bits per heavy atom. The summed E-state index contributed by atoms with van der Waals surface area (Å²) in [7, 11) is 4.07. The molecule has 6 nitrogen and oxygen atoms in total. The Hall–Kier alpha value is -2.18. The summed E-state index contributed by atoms with van der Waals surface area (Å²) >= 11 is 0. The lowest BCUT2D eigenvalue weighted by Gasteiger charge is -2.25. The van der Waals surface area contributed by atoms with E-state index < -0.39 is 0 Å². The maximum atomic E-state index is 9.24. The van der Waals surface area contributed by atoms with E-state index >= 15 is 0 Å². The highest BCUT2D eigenvalue weighted by Crippen LogP contribution is 2.32. The van der Waals surface area contributed by atoms with Crippen molar-refractivity contribution in [1.82, 2.24) is 0 Å². The molecule has 2 aromatic rings. The summed E-state index contributed by atoms with van der Waals surface area (Å²) in [4.78, 5) is 4.24. The van der Waals surface area contributed by atoms with Crippen molar-refractivity contribution < 1.29 is 19.3 Å². The number of aliphatic hydroxyl groups excluding tert-OH is 2. The second-order valence-electron chi connectivity index (χ2n) is 7.32. The Morgan fingerprint density at radius 3 is 1.62 bits per heavy atom. The molecule has 4 heterocycles. The van der Waals surface area contributed by atoms with Crippen LogP contribution >= 0.6 is 0 Å². The highest BCUT2D eigenvalue weighted by molar-refractivity contribution is 5.64.